The maximum absolute atomic E-state index is 10.3. The molecule has 0 atom stereocenters. The summed E-state index contributed by atoms with van der Waals surface area (Å²) in [5, 5.41) is 8.53. The molecule has 0 amide bonds. The number of rotatable bonds is 1. The van der Waals surface area contributed by atoms with Crippen LogP contribution in [0, 0.1) is 0 Å². The fourth-order valence-corrected chi connectivity index (χ4v) is 6.85. The van der Waals surface area contributed by atoms with Gasteiger partial charge in [-0.25, -0.2) is 14.4 Å². The van der Waals surface area contributed by atoms with E-state index in [-0.39, 0.29) is 5.97 Å². The maximum Gasteiger partial charge on any atom is 0.341 e. The minimum absolute atomic E-state index is 0.227. The molecule has 0 bridgehead atoms. The number of cyclic esters (lactones) is 3. The molecule has 0 aromatic heterocycles. The summed E-state index contributed by atoms with van der Waals surface area (Å²) in [5.74, 6) is -1.32. The van der Waals surface area contributed by atoms with Crippen LogP contribution in [0.5, 0.6) is 0 Å². The molecule has 6 aliphatic rings. The van der Waals surface area contributed by atoms with Gasteiger partial charge in [0.2, 0.25) is 0 Å². The Bertz CT molecular complexity index is 2530. The Hall–Kier alpha value is -7.06. The zero-order valence-corrected chi connectivity index (χ0v) is 46.5. The Morgan fingerprint density at radius 2 is 1.04 bits per heavy atom. The molecule has 0 spiro atoms. The van der Waals surface area contributed by atoms with Crippen LogP contribution in [0.3, 0.4) is 0 Å². The summed E-state index contributed by atoms with van der Waals surface area (Å²) < 4.78 is 8.51. The van der Waals surface area contributed by atoms with Gasteiger partial charge in [-0.1, -0.05) is 214 Å². The summed E-state index contributed by atoms with van der Waals surface area (Å²) >= 11 is 0. The number of hydrogen-bond donors (Lipinski definition) is 0. The number of hydrogen-bond acceptors (Lipinski definition) is 7. The van der Waals surface area contributed by atoms with Crippen LogP contribution in [-0.4, -0.2) is 56.6 Å². The van der Waals surface area contributed by atoms with Gasteiger partial charge in [0.05, 0.1) is 0 Å². The highest BCUT2D eigenvalue weighted by atomic mass is 16.6. The van der Waals surface area contributed by atoms with Crippen LogP contribution < -0.4 is 0 Å². The third-order valence-corrected chi connectivity index (χ3v) is 10.9. The fourth-order valence-electron chi connectivity index (χ4n) is 6.85. The number of fused-ring (bicyclic) bond motifs is 6. The van der Waals surface area contributed by atoms with Crippen LogP contribution in [0.25, 0.3) is 38.1 Å². The molecule has 1 saturated heterocycles. The van der Waals surface area contributed by atoms with Gasteiger partial charge in [0, 0.05) is 29.7 Å². The Balaban J connectivity index is 0.000000807. The van der Waals surface area contributed by atoms with Crippen LogP contribution in [-0.2, 0) is 62.4 Å². The molecule has 1 fully saturated rings. The summed E-state index contributed by atoms with van der Waals surface area (Å²) in [4.78, 5) is 35.0. The predicted octanol–water partition coefficient (Wildman–Crippen LogP) is 16.5. The number of aryl methyl sites for hydroxylation is 6. The highest BCUT2D eigenvalue weighted by Crippen LogP contribution is 2.31. The van der Waals surface area contributed by atoms with E-state index in [1.807, 2.05) is 106 Å². The van der Waals surface area contributed by atoms with Gasteiger partial charge in [0.15, 0.2) is 0 Å². The number of nitrogens with zero attached hydrogens (tertiary/aromatic N) is 4. The van der Waals surface area contributed by atoms with Crippen molar-refractivity contribution in [3.63, 3.8) is 0 Å². The Morgan fingerprint density at radius 1 is 0.589 bits per heavy atom. The first-order chi connectivity index (χ1) is 35.7. The number of carbonyl (C=O) groups excluding carboxylic acids is 3. The standard InChI is InChI=1S/2C12H10.2C8H8.C5H4O3.C4H9N.C4H4O2.5C2H6.CH3N3/c1-2-4-10-8-12-6-5-11(12)7-9(10)3-1;1-2-4-11-9(3-1)5-6-10-7-8-12(10)11;1-2-4-8-6-5-7(8)3-1;1-2-8-6-4-3-5-7-8;1-3-2-4(6)8-5(3)7;1-5-3-2-4-5;5-4-2-1-3-6-4;5*1-2;1-3-4-2/h1-4,7-8H,5-6H2;1-6H,7-8H2;1-4H,5-6H2;2-7H,1H2;2H,1H3;2-4H2,1H3;1-2H,3H2;5*1-2H3;1H3. The van der Waals surface area contributed by atoms with Crippen molar-refractivity contribution in [3.05, 3.63) is 207 Å². The molecule has 12 rings (SSSR count). The highest BCUT2D eigenvalue weighted by molar-refractivity contribution is 6.08. The smallest absolute Gasteiger partial charge is 0.341 e. The highest BCUT2D eigenvalue weighted by Gasteiger charge is 2.19. The van der Waals surface area contributed by atoms with Crippen LogP contribution in [0.1, 0.15) is 122 Å². The molecule has 392 valence electrons. The molecule has 73 heavy (non-hydrogen) atoms. The molecule has 6 aromatic rings. The van der Waals surface area contributed by atoms with Crippen molar-refractivity contribution in [1.29, 1.82) is 0 Å². The first-order valence-corrected chi connectivity index (χ1v) is 26.3. The number of azide groups is 1. The zero-order chi connectivity index (χ0) is 54.8. The van der Waals surface area contributed by atoms with Gasteiger partial charge in [0.25, 0.3) is 0 Å². The molecule has 0 radical (unpaired) electrons. The van der Waals surface area contributed by atoms with E-state index in [1.165, 1.54) is 111 Å². The average molecular weight is 991 g/mol. The van der Waals surface area contributed by atoms with Gasteiger partial charge in [-0.2, -0.15) is 0 Å². The van der Waals surface area contributed by atoms with E-state index >= 15 is 0 Å². The van der Waals surface area contributed by atoms with E-state index in [2.05, 4.69) is 135 Å². The second kappa shape index (κ2) is 41.5. The Morgan fingerprint density at radius 3 is 1.33 bits per heavy atom. The predicted molar refractivity (Wildman–Crippen MR) is 312 cm³/mol. The van der Waals surface area contributed by atoms with Crippen molar-refractivity contribution in [2.24, 2.45) is 5.11 Å². The second-order valence-electron chi connectivity index (χ2n) is 15.3. The summed E-state index contributed by atoms with van der Waals surface area (Å²) in [6.07, 6.45) is 15.2. The van der Waals surface area contributed by atoms with E-state index in [9.17, 15) is 14.4 Å². The van der Waals surface area contributed by atoms with E-state index in [1.54, 1.807) is 39.5 Å². The lowest BCUT2D eigenvalue weighted by atomic mass is 9.84. The quantitative estimate of drug-likeness (QED) is 0.0532. The molecule has 3 heterocycles. The molecule has 0 N–H and O–H groups in total. The van der Waals surface area contributed by atoms with Gasteiger partial charge in [0.1, 0.15) is 6.61 Å². The molecule has 0 saturated carbocycles. The van der Waals surface area contributed by atoms with Crippen molar-refractivity contribution in [2.75, 3.05) is 33.8 Å². The second-order valence-corrected chi connectivity index (χ2v) is 15.3. The summed E-state index contributed by atoms with van der Waals surface area (Å²) in [6.45, 7) is 28.3. The van der Waals surface area contributed by atoms with Gasteiger partial charge in [-0.15, -0.1) is 0 Å². The van der Waals surface area contributed by atoms with E-state index in [0.717, 1.165) is 0 Å². The molecular formula is C64H86N4O5. The van der Waals surface area contributed by atoms with E-state index in [0.29, 0.717) is 12.2 Å². The molecule has 9 nitrogen and oxygen atoms in total. The average Bonchev–Trinajstić information content (AvgIpc) is 4.03. The monoisotopic (exact) mass is 991 g/mol. The van der Waals surface area contributed by atoms with Crippen LogP contribution in [0.15, 0.2) is 163 Å². The minimum Gasteiger partial charge on any atom is -0.458 e. The van der Waals surface area contributed by atoms with Crippen molar-refractivity contribution in [3.8, 4) is 0 Å². The fraction of sp³-hybridized carbons (Fsp3) is 0.359. The van der Waals surface area contributed by atoms with Crippen molar-refractivity contribution >= 4 is 45.5 Å². The van der Waals surface area contributed by atoms with Gasteiger partial charge >= 0.3 is 17.9 Å². The number of likely N-dealkylation sites (tertiary alicyclic amines) is 1. The molecule has 6 aromatic carbocycles. The Kier molecular flexibility index (Phi) is 37.5. The largest absolute Gasteiger partial charge is 0.458 e. The van der Waals surface area contributed by atoms with Crippen LogP contribution in [0.2, 0.25) is 0 Å². The number of carbonyl (C=O) groups is 3. The molecule has 3 aliphatic carbocycles. The zero-order valence-electron chi connectivity index (χ0n) is 46.5. The Labute approximate surface area is 439 Å². The van der Waals surface area contributed by atoms with E-state index in [4.69, 9.17) is 5.53 Å². The molecular weight excluding hydrogens is 905 g/mol. The number of ether oxygens (including phenoxy) is 2. The SMILES string of the molecule is C=Cc1ccccc1.CC.CC.CC.CC.CC.CC1=CC(=O)OC1=O.CN1CCC1.CN=[N+]=[N-].O=C1C=CCO1.c1ccc2c(c1)CC2.c1ccc2c3c(ccc2c1)CC3.c1ccc2cc3c(cc2c1)CC3. The number of benzene rings is 6. The first kappa shape index (κ1) is 65.9. The summed E-state index contributed by atoms with van der Waals surface area (Å²) in [5.41, 5.74) is 18.2. The molecule has 0 unspecified atom stereocenters. The van der Waals surface area contributed by atoms with Crippen LogP contribution >= 0.6 is 0 Å². The maximum atomic E-state index is 10.3. The van der Waals surface area contributed by atoms with E-state index < -0.39 is 11.9 Å². The van der Waals surface area contributed by atoms with Gasteiger partial charge in [-0.05, 0) is 144 Å². The molecule has 9 heteroatoms. The van der Waals surface area contributed by atoms with Crippen molar-refractivity contribution in [2.45, 2.75) is 121 Å². The lowest BCUT2D eigenvalue weighted by Gasteiger charge is -2.24. The lowest BCUT2D eigenvalue weighted by molar-refractivity contribution is -0.150. The lowest BCUT2D eigenvalue weighted by Crippen LogP contribution is -2.32. The topological polar surface area (TPSA) is 122 Å². The number of esters is 3. The normalized spacial score (nSPS) is 13.1. The van der Waals surface area contributed by atoms with Crippen molar-refractivity contribution in [1.82, 2.24) is 4.90 Å². The van der Waals surface area contributed by atoms with Gasteiger partial charge in [-0.3, -0.25) is 0 Å². The first-order valence-electron chi connectivity index (χ1n) is 26.3. The minimum atomic E-state index is -0.562. The third kappa shape index (κ3) is 24.8. The summed E-state index contributed by atoms with van der Waals surface area (Å²) in [6, 6.07) is 45.0. The van der Waals surface area contributed by atoms with Crippen LogP contribution in [0.4, 0.5) is 0 Å². The molecule has 3 aliphatic heterocycles. The summed E-state index contributed by atoms with van der Waals surface area (Å²) in [7, 11) is 3.53. The van der Waals surface area contributed by atoms with Crippen molar-refractivity contribution < 1.29 is 23.9 Å². The third-order valence-electron chi connectivity index (χ3n) is 10.9. The van der Waals surface area contributed by atoms with Gasteiger partial charge < -0.3 is 14.4 Å².